The van der Waals surface area contributed by atoms with Gasteiger partial charge in [-0.2, -0.15) is 0 Å². The van der Waals surface area contributed by atoms with Gasteiger partial charge < -0.3 is 9.72 Å². The summed E-state index contributed by atoms with van der Waals surface area (Å²) in [6, 6.07) is 21.9. The number of carbonyl (C=O) groups is 1. The summed E-state index contributed by atoms with van der Waals surface area (Å²) < 4.78 is 5.22. The average Bonchev–Trinajstić information content (AvgIpc) is 2.77. The van der Waals surface area contributed by atoms with Crippen LogP contribution in [0.1, 0.15) is 15.9 Å². The summed E-state index contributed by atoms with van der Waals surface area (Å²) in [5.74, 6) is 0.299. The van der Waals surface area contributed by atoms with E-state index in [1.54, 1.807) is 31.4 Å². The summed E-state index contributed by atoms with van der Waals surface area (Å²) in [6.45, 7) is 0. The molecule has 148 valence electrons. The number of halogens is 1. The van der Waals surface area contributed by atoms with E-state index in [9.17, 15) is 9.59 Å². The van der Waals surface area contributed by atoms with Crippen molar-refractivity contribution >= 4 is 34.4 Å². The maximum Gasteiger partial charge on any atom is 0.260 e. The van der Waals surface area contributed by atoms with Gasteiger partial charge in [-0.3, -0.25) is 9.59 Å². The van der Waals surface area contributed by atoms with Crippen LogP contribution in [0.25, 0.3) is 28.1 Å². The number of benzene rings is 3. The molecule has 0 aliphatic rings. The molecule has 0 atom stereocenters. The number of ether oxygens (including phenoxy) is 1. The van der Waals surface area contributed by atoms with Gasteiger partial charge in [0.05, 0.1) is 12.7 Å². The molecular formula is C25H18ClNO3. The van der Waals surface area contributed by atoms with Crippen molar-refractivity contribution in [3.63, 3.8) is 0 Å². The first-order chi connectivity index (χ1) is 14.6. The minimum absolute atomic E-state index is 0.0788. The van der Waals surface area contributed by atoms with Gasteiger partial charge in [-0.25, -0.2) is 0 Å². The van der Waals surface area contributed by atoms with Crippen LogP contribution in [0, 0.1) is 0 Å². The zero-order valence-electron chi connectivity index (χ0n) is 16.2. The molecule has 0 amide bonds. The fourth-order valence-corrected chi connectivity index (χ4v) is 3.58. The smallest absolute Gasteiger partial charge is 0.260 e. The first-order valence-electron chi connectivity index (χ1n) is 9.34. The Labute approximate surface area is 178 Å². The molecule has 0 bridgehead atoms. The standard InChI is InChI=1S/C25H18ClNO3/c1-30-19-9-5-6-16(14-19)10-13-22(28)24-23(17-7-3-2-4-8-17)20-15-18(26)11-12-21(20)27-25(24)29/h2-15H,1H3,(H,27,29). The molecule has 0 fully saturated rings. The number of ketones is 1. The fourth-order valence-electron chi connectivity index (χ4n) is 3.41. The summed E-state index contributed by atoms with van der Waals surface area (Å²) in [7, 11) is 1.58. The Morgan fingerprint density at radius 3 is 2.57 bits per heavy atom. The summed E-state index contributed by atoms with van der Waals surface area (Å²) >= 11 is 6.22. The number of H-pyrrole nitrogens is 1. The predicted molar refractivity (Wildman–Crippen MR) is 121 cm³/mol. The number of allylic oxidation sites excluding steroid dienone is 1. The minimum Gasteiger partial charge on any atom is -0.497 e. The molecule has 0 saturated carbocycles. The number of pyridine rings is 1. The lowest BCUT2D eigenvalue weighted by Gasteiger charge is -2.11. The van der Waals surface area contributed by atoms with E-state index >= 15 is 0 Å². The highest BCUT2D eigenvalue weighted by Gasteiger charge is 2.19. The third-order valence-electron chi connectivity index (χ3n) is 4.81. The quantitative estimate of drug-likeness (QED) is 0.333. The second kappa shape index (κ2) is 8.39. The Bertz CT molecular complexity index is 1320. The number of carbonyl (C=O) groups excluding carboxylic acids is 1. The third kappa shape index (κ3) is 3.91. The minimum atomic E-state index is -0.441. The Balaban J connectivity index is 1.89. The van der Waals surface area contributed by atoms with E-state index in [2.05, 4.69) is 4.98 Å². The van der Waals surface area contributed by atoms with Crippen molar-refractivity contribution in [3.05, 3.63) is 105 Å². The number of hydrogen-bond acceptors (Lipinski definition) is 3. The van der Waals surface area contributed by atoms with Gasteiger partial charge in [-0.05, 0) is 47.5 Å². The van der Waals surface area contributed by atoms with E-state index in [0.29, 0.717) is 27.2 Å². The van der Waals surface area contributed by atoms with Crippen LogP contribution in [-0.4, -0.2) is 17.9 Å². The molecule has 1 N–H and O–H groups in total. The molecule has 0 aliphatic heterocycles. The van der Waals surface area contributed by atoms with Gasteiger partial charge in [-0.1, -0.05) is 60.1 Å². The molecule has 4 nitrogen and oxygen atoms in total. The summed E-state index contributed by atoms with van der Waals surface area (Å²) in [4.78, 5) is 28.9. The zero-order valence-corrected chi connectivity index (χ0v) is 16.9. The average molecular weight is 416 g/mol. The van der Waals surface area contributed by atoms with Crippen molar-refractivity contribution in [2.75, 3.05) is 7.11 Å². The largest absolute Gasteiger partial charge is 0.497 e. The second-order valence-electron chi connectivity index (χ2n) is 6.73. The van der Waals surface area contributed by atoms with Gasteiger partial charge >= 0.3 is 0 Å². The van der Waals surface area contributed by atoms with Crippen LogP contribution in [0.4, 0.5) is 0 Å². The van der Waals surface area contributed by atoms with Crippen molar-refractivity contribution < 1.29 is 9.53 Å². The lowest BCUT2D eigenvalue weighted by Crippen LogP contribution is -2.18. The van der Waals surface area contributed by atoms with Crippen LogP contribution >= 0.6 is 11.6 Å². The van der Waals surface area contributed by atoms with Crippen LogP contribution in [-0.2, 0) is 0 Å². The Hall–Kier alpha value is -3.63. The highest BCUT2D eigenvalue weighted by Crippen LogP contribution is 2.31. The van der Waals surface area contributed by atoms with Gasteiger partial charge in [-0.15, -0.1) is 0 Å². The van der Waals surface area contributed by atoms with Crippen LogP contribution < -0.4 is 10.3 Å². The molecule has 0 unspecified atom stereocenters. The number of methoxy groups -OCH3 is 1. The maximum atomic E-state index is 13.1. The van der Waals surface area contributed by atoms with Gasteiger partial charge in [0.1, 0.15) is 5.75 Å². The molecule has 1 aromatic heterocycles. The van der Waals surface area contributed by atoms with Crippen molar-refractivity contribution in [2.24, 2.45) is 0 Å². The number of nitrogens with one attached hydrogen (secondary N) is 1. The second-order valence-corrected chi connectivity index (χ2v) is 7.17. The number of aromatic nitrogens is 1. The predicted octanol–water partition coefficient (Wildman–Crippen LogP) is 5.75. The van der Waals surface area contributed by atoms with Gasteiger partial charge in [0, 0.05) is 21.5 Å². The molecular weight excluding hydrogens is 398 g/mol. The molecule has 30 heavy (non-hydrogen) atoms. The van der Waals surface area contributed by atoms with Crippen LogP contribution in [0.15, 0.2) is 83.7 Å². The fraction of sp³-hybridized carbons (Fsp3) is 0.0400. The summed E-state index contributed by atoms with van der Waals surface area (Å²) in [6.07, 6.45) is 3.07. The van der Waals surface area contributed by atoms with Gasteiger partial charge in [0.2, 0.25) is 0 Å². The first kappa shape index (κ1) is 19.7. The number of rotatable bonds is 5. The molecule has 0 aliphatic carbocycles. The topological polar surface area (TPSA) is 59.2 Å². The molecule has 0 radical (unpaired) electrons. The number of fused-ring (bicyclic) bond motifs is 1. The van der Waals surface area contributed by atoms with Gasteiger partial charge in [0.15, 0.2) is 5.78 Å². The molecule has 0 saturated heterocycles. The summed E-state index contributed by atoms with van der Waals surface area (Å²) in [5, 5.41) is 1.24. The Morgan fingerprint density at radius 1 is 1.00 bits per heavy atom. The number of hydrogen-bond donors (Lipinski definition) is 1. The van der Waals surface area contributed by atoms with E-state index in [0.717, 1.165) is 11.1 Å². The van der Waals surface area contributed by atoms with Crippen LogP contribution in [0.3, 0.4) is 0 Å². The third-order valence-corrected chi connectivity index (χ3v) is 5.04. The zero-order chi connectivity index (χ0) is 21.1. The van der Waals surface area contributed by atoms with Crippen molar-refractivity contribution in [1.82, 2.24) is 4.98 Å². The molecule has 3 aromatic carbocycles. The highest BCUT2D eigenvalue weighted by molar-refractivity contribution is 6.31. The lowest BCUT2D eigenvalue weighted by molar-refractivity contribution is 0.104. The molecule has 1 heterocycles. The maximum absolute atomic E-state index is 13.1. The van der Waals surface area contributed by atoms with E-state index in [1.165, 1.54) is 6.08 Å². The Kier molecular flexibility index (Phi) is 5.50. The molecule has 4 aromatic rings. The van der Waals surface area contributed by atoms with E-state index in [1.807, 2.05) is 54.6 Å². The molecule has 4 rings (SSSR count). The van der Waals surface area contributed by atoms with Crippen molar-refractivity contribution in [3.8, 4) is 16.9 Å². The van der Waals surface area contributed by atoms with E-state index in [-0.39, 0.29) is 11.3 Å². The van der Waals surface area contributed by atoms with Crippen LogP contribution in [0.5, 0.6) is 5.75 Å². The normalized spacial score (nSPS) is 11.1. The SMILES string of the molecule is COc1cccc(C=CC(=O)c2c(-c3ccccc3)c3cc(Cl)ccc3[nH]c2=O)c1. The van der Waals surface area contributed by atoms with Crippen molar-refractivity contribution in [1.29, 1.82) is 0 Å². The van der Waals surface area contributed by atoms with E-state index < -0.39 is 5.56 Å². The first-order valence-corrected chi connectivity index (χ1v) is 9.72. The molecule has 0 spiro atoms. The van der Waals surface area contributed by atoms with Crippen LogP contribution in [0.2, 0.25) is 5.02 Å². The molecule has 5 heteroatoms. The monoisotopic (exact) mass is 415 g/mol. The Morgan fingerprint density at radius 2 is 1.80 bits per heavy atom. The van der Waals surface area contributed by atoms with Gasteiger partial charge in [0.25, 0.3) is 5.56 Å². The van der Waals surface area contributed by atoms with Crippen molar-refractivity contribution in [2.45, 2.75) is 0 Å². The van der Waals surface area contributed by atoms with E-state index in [4.69, 9.17) is 16.3 Å². The number of aromatic amines is 1. The summed E-state index contributed by atoms with van der Waals surface area (Å²) in [5.41, 5.74) is 2.39. The highest BCUT2D eigenvalue weighted by atomic mass is 35.5. The lowest BCUT2D eigenvalue weighted by atomic mass is 9.94.